The van der Waals surface area contributed by atoms with Crippen LogP contribution in [0.1, 0.15) is 58.8 Å². The van der Waals surface area contributed by atoms with Gasteiger partial charge in [0.25, 0.3) is 0 Å². The molecule has 1 saturated carbocycles. The van der Waals surface area contributed by atoms with Gasteiger partial charge in [0, 0.05) is 13.0 Å². The van der Waals surface area contributed by atoms with E-state index in [1.54, 1.807) is 0 Å². The number of rotatable bonds is 6. The fourth-order valence-corrected chi connectivity index (χ4v) is 2.55. The Kier molecular flexibility index (Phi) is 5.96. The second-order valence-corrected chi connectivity index (χ2v) is 5.97. The highest BCUT2D eigenvalue weighted by atomic mass is 16.1. The molecule has 0 atom stereocenters. The molecule has 0 saturated heterocycles. The number of nitrogens with two attached hydrogens (primary N) is 1. The maximum atomic E-state index is 11.7. The van der Waals surface area contributed by atoms with Crippen molar-refractivity contribution in [2.24, 2.45) is 17.1 Å². The van der Waals surface area contributed by atoms with Crippen molar-refractivity contribution in [1.29, 1.82) is 0 Å². The summed E-state index contributed by atoms with van der Waals surface area (Å²) in [6.45, 7) is 5.78. The molecule has 1 fully saturated rings. The van der Waals surface area contributed by atoms with Gasteiger partial charge in [0.2, 0.25) is 5.91 Å². The van der Waals surface area contributed by atoms with Crippen LogP contribution in [0, 0.1) is 11.3 Å². The molecule has 1 aliphatic rings. The van der Waals surface area contributed by atoms with Crippen molar-refractivity contribution in [3.63, 3.8) is 0 Å². The third-order valence-electron chi connectivity index (χ3n) is 3.96. The first-order chi connectivity index (χ1) is 8.08. The Balaban J connectivity index is 2.29. The molecule has 3 heteroatoms. The quantitative estimate of drug-likeness (QED) is 0.749. The maximum Gasteiger partial charge on any atom is 0.220 e. The molecule has 0 aromatic carbocycles. The minimum atomic E-state index is 0.186. The summed E-state index contributed by atoms with van der Waals surface area (Å²) in [6, 6.07) is 0. The Morgan fingerprint density at radius 1 is 1.29 bits per heavy atom. The molecule has 0 unspecified atom stereocenters. The van der Waals surface area contributed by atoms with Crippen molar-refractivity contribution in [2.75, 3.05) is 13.1 Å². The van der Waals surface area contributed by atoms with Gasteiger partial charge in [0.1, 0.15) is 0 Å². The number of hydrogen-bond donors (Lipinski definition) is 2. The van der Waals surface area contributed by atoms with Crippen LogP contribution in [0.3, 0.4) is 0 Å². The minimum Gasteiger partial charge on any atom is -0.355 e. The van der Waals surface area contributed by atoms with Gasteiger partial charge in [-0.2, -0.15) is 0 Å². The first kappa shape index (κ1) is 14.5. The predicted octanol–water partition coefficient (Wildman–Crippen LogP) is 2.45. The van der Waals surface area contributed by atoms with Crippen molar-refractivity contribution in [1.82, 2.24) is 5.32 Å². The van der Waals surface area contributed by atoms with Gasteiger partial charge in [0.15, 0.2) is 0 Å². The van der Waals surface area contributed by atoms with Crippen molar-refractivity contribution in [3.05, 3.63) is 0 Å². The van der Waals surface area contributed by atoms with Gasteiger partial charge in [-0.15, -0.1) is 0 Å². The van der Waals surface area contributed by atoms with Gasteiger partial charge in [-0.05, 0) is 37.1 Å². The lowest BCUT2D eigenvalue weighted by atomic mass is 9.74. The fraction of sp³-hybridized carbons (Fsp3) is 0.929. The summed E-state index contributed by atoms with van der Waals surface area (Å²) in [7, 11) is 0. The van der Waals surface area contributed by atoms with Crippen LogP contribution in [0.25, 0.3) is 0 Å². The number of hydrogen-bond acceptors (Lipinski definition) is 2. The first-order valence-electron chi connectivity index (χ1n) is 7.05. The van der Waals surface area contributed by atoms with Crippen LogP contribution in [-0.2, 0) is 4.79 Å². The Hall–Kier alpha value is -0.570. The SMILES string of the molecule is CC(C)CCC(=O)NCC1(CN)CCCCC1. The second-order valence-electron chi connectivity index (χ2n) is 5.97. The summed E-state index contributed by atoms with van der Waals surface area (Å²) in [4.78, 5) is 11.7. The van der Waals surface area contributed by atoms with Crippen LogP contribution in [0.2, 0.25) is 0 Å². The number of carbonyl (C=O) groups excluding carboxylic acids is 1. The van der Waals surface area contributed by atoms with Crippen molar-refractivity contribution >= 4 is 5.91 Å². The average Bonchev–Trinajstić information content (AvgIpc) is 2.35. The molecule has 0 heterocycles. The summed E-state index contributed by atoms with van der Waals surface area (Å²) in [6.07, 6.45) is 7.82. The summed E-state index contributed by atoms with van der Waals surface area (Å²) < 4.78 is 0. The van der Waals surface area contributed by atoms with Gasteiger partial charge in [0.05, 0.1) is 0 Å². The fourth-order valence-electron chi connectivity index (χ4n) is 2.55. The molecular formula is C14H28N2O. The maximum absolute atomic E-state index is 11.7. The van der Waals surface area contributed by atoms with E-state index in [0.29, 0.717) is 18.9 Å². The number of amides is 1. The Morgan fingerprint density at radius 3 is 2.47 bits per heavy atom. The molecular weight excluding hydrogens is 212 g/mol. The van der Waals surface area contributed by atoms with Crippen LogP contribution in [0.4, 0.5) is 0 Å². The number of carbonyl (C=O) groups is 1. The normalized spacial score (nSPS) is 19.3. The zero-order valence-electron chi connectivity index (χ0n) is 11.4. The van der Waals surface area contributed by atoms with E-state index < -0.39 is 0 Å². The third kappa shape index (κ3) is 5.07. The molecule has 0 aromatic heterocycles. The van der Waals surface area contributed by atoms with E-state index in [0.717, 1.165) is 13.0 Å². The predicted molar refractivity (Wildman–Crippen MR) is 71.7 cm³/mol. The number of nitrogens with one attached hydrogen (secondary N) is 1. The van der Waals surface area contributed by atoms with Crippen molar-refractivity contribution in [3.8, 4) is 0 Å². The summed E-state index contributed by atoms with van der Waals surface area (Å²) in [5.41, 5.74) is 6.08. The Bertz CT molecular complexity index is 232. The molecule has 1 aliphatic carbocycles. The largest absolute Gasteiger partial charge is 0.355 e. The van der Waals surface area contributed by atoms with Gasteiger partial charge in [-0.3, -0.25) is 4.79 Å². The van der Waals surface area contributed by atoms with E-state index in [2.05, 4.69) is 19.2 Å². The van der Waals surface area contributed by atoms with Crippen LogP contribution in [0.15, 0.2) is 0 Å². The summed E-state index contributed by atoms with van der Waals surface area (Å²) >= 11 is 0. The zero-order valence-corrected chi connectivity index (χ0v) is 11.4. The van der Waals surface area contributed by atoms with Gasteiger partial charge in [-0.1, -0.05) is 33.1 Å². The lowest BCUT2D eigenvalue weighted by molar-refractivity contribution is -0.122. The van der Waals surface area contributed by atoms with E-state index in [1.165, 1.54) is 32.1 Å². The van der Waals surface area contributed by atoms with E-state index in [1.807, 2.05) is 0 Å². The van der Waals surface area contributed by atoms with Crippen molar-refractivity contribution < 1.29 is 4.79 Å². The monoisotopic (exact) mass is 240 g/mol. The standard InChI is InChI=1S/C14H28N2O/c1-12(2)6-7-13(17)16-11-14(10-15)8-4-3-5-9-14/h12H,3-11,15H2,1-2H3,(H,16,17). The van der Waals surface area contributed by atoms with E-state index in [9.17, 15) is 4.79 Å². The first-order valence-corrected chi connectivity index (χ1v) is 7.05. The molecule has 3 N–H and O–H groups in total. The van der Waals surface area contributed by atoms with E-state index in [-0.39, 0.29) is 11.3 Å². The van der Waals surface area contributed by atoms with E-state index in [4.69, 9.17) is 5.73 Å². The smallest absolute Gasteiger partial charge is 0.220 e. The molecule has 100 valence electrons. The second kappa shape index (κ2) is 7.00. The molecule has 0 bridgehead atoms. The molecule has 1 rings (SSSR count). The average molecular weight is 240 g/mol. The molecule has 3 nitrogen and oxygen atoms in total. The molecule has 0 aliphatic heterocycles. The minimum absolute atomic E-state index is 0.186. The van der Waals surface area contributed by atoms with E-state index >= 15 is 0 Å². The summed E-state index contributed by atoms with van der Waals surface area (Å²) in [5, 5.41) is 3.08. The Labute approximate surface area is 106 Å². The molecule has 17 heavy (non-hydrogen) atoms. The highest BCUT2D eigenvalue weighted by Crippen LogP contribution is 2.34. The highest BCUT2D eigenvalue weighted by Gasteiger charge is 2.30. The molecule has 1 amide bonds. The van der Waals surface area contributed by atoms with Crippen LogP contribution in [0.5, 0.6) is 0 Å². The van der Waals surface area contributed by atoms with Crippen LogP contribution < -0.4 is 11.1 Å². The van der Waals surface area contributed by atoms with Gasteiger partial charge >= 0.3 is 0 Å². The molecule has 0 spiro atoms. The third-order valence-corrected chi connectivity index (χ3v) is 3.96. The zero-order chi connectivity index (χ0) is 12.7. The molecule has 0 radical (unpaired) electrons. The van der Waals surface area contributed by atoms with Crippen LogP contribution >= 0.6 is 0 Å². The lowest BCUT2D eigenvalue weighted by Gasteiger charge is -2.36. The van der Waals surface area contributed by atoms with Gasteiger partial charge in [-0.25, -0.2) is 0 Å². The summed E-state index contributed by atoms with van der Waals surface area (Å²) in [5.74, 6) is 0.788. The topological polar surface area (TPSA) is 55.1 Å². The van der Waals surface area contributed by atoms with Crippen LogP contribution in [-0.4, -0.2) is 19.0 Å². The Morgan fingerprint density at radius 2 is 1.94 bits per heavy atom. The van der Waals surface area contributed by atoms with Crippen molar-refractivity contribution in [2.45, 2.75) is 58.8 Å². The molecule has 0 aromatic rings. The highest BCUT2D eigenvalue weighted by molar-refractivity contribution is 5.75. The van der Waals surface area contributed by atoms with Gasteiger partial charge < -0.3 is 11.1 Å². The lowest BCUT2D eigenvalue weighted by Crippen LogP contribution is -2.43.